The molecular weight excluding hydrogens is 398 g/mol. The van der Waals surface area contributed by atoms with E-state index in [1.165, 1.54) is 5.56 Å². The number of fused-ring (bicyclic) bond motifs is 1. The van der Waals surface area contributed by atoms with Gasteiger partial charge < -0.3 is 15.5 Å². The van der Waals surface area contributed by atoms with Gasteiger partial charge in [-0.25, -0.2) is 4.98 Å². The molecule has 1 aromatic heterocycles. The summed E-state index contributed by atoms with van der Waals surface area (Å²) in [5, 5.41) is 7.49. The van der Waals surface area contributed by atoms with Gasteiger partial charge >= 0.3 is 0 Å². The van der Waals surface area contributed by atoms with Gasteiger partial charge in [0, 0.05) is 67.2 Å². The molecule has 0 spiro atoms. The Morgan fingerprint density at radius 2 is 2.13 bits per heavy atom. The fourth-order valence-corrected chi connectivity index (χ4v) is 5.39. The van der Waals surface area contributed by atoms with E-state index in [1.54, 1.807) is 6.20 Å². The normalized spacial score (nSPS) is 24.5. The van der Waals surface area contributed by atoms with E-state index in [1.807, 2.05) is 17.0 Å². The number of carbonyl (C=O) groups excluding carboxylic acids is 1. The number of halogens is 1. The van der Waals surface area contributed by atoms with Crippen molar-refractivity contribution in [3.8, 4) is 0 Å². The molecule has 6 nitrogen and oxygen atoms in total. The predicted molar refractivity (Wildman–Crippen MR) is 120 cm³/mol. The zero-order valence-corrected chi connectivity index (χ0v) is 18.1. The van der Waals surface area contributed by atoms with Gasteiger partial charge in [0.25, 0.3) is 0 Å². The van der Waals surface area contributed by atoms with Crippen molar-refractivity contribution in [3.05, 3.63) is 52.7 Å². The molecule has 2 aromatic rings. The second-order valence-corrected chi connectivity index (χ2v) is 9.07. The first-order valence-corrected chi connectivity index (χ1v) is 11.2. The second-order valence-electron chi connectivity index (χ2n) is 8.66. The predicted octanol–water partition coefficient (Wildman–Crippen LogP) is 2.72. The van der Waals surface area contributed by atoms with Gasteiger partial charge in [0.05, 0.1) is 6.54 Å². The lowest BCUT2D eigenvalue weighted by Gasteiger charge is -2.38. The maximum Gasteiger partial charge on any atom is 0.241 e. The molecule has 3 aliphatic rings. The molecule has 2 fully saturated rings. The number of pyridine rings is 1. The van der Waals surface area contributed by atoms with Crippen LogP contribution in [-0.4, -0.2) is 61.6 Å². The molecule has 7 heteroatoms. The van der Waals surface area contributed by atoms with Gasteiger partial charge in [-0.3, -0.25) is 9.69 Å². The lowest BCUT2D eigenvalue weighted by molar-refractivity contribution is -0.121. The van der Waals surface area contributed by atoms with Crippen molar-refractivity contribution in [2.75, 3.05) is 56.0 Å². The van der Waals surface area contributed by atoms with E-state index in [0.717, 1.165) is 67.8 Å². The van der Waals surface area contributed by atoms with Crippen molar-refractivity contribution in [2.45, 2.75) is 18.8 Å². The number of carbonyl (C=O) groups is 1. The maximum absolute atomic E-state index is 13.0. The molecule has 0 radical (unpaired) electrons. The molecule has 158 valence electrons. The fraction of sp³-hybridized carbons (Fsp3) is 0.478. The number of amides is 1. The fourth-order valence-electron chi connectivity index (χ4n) is 5.07. The van der Waals surface area contributed by atoms with E-state index in [0.29, 0.717) is 12.5 Å². The molecule has 2 saturated heterocycles. The van der Waals surface area contributed by atoms with Crippen LogP contribution < -0.4 is 15.5 Å². The van der Waals surface area contributed by atoms with E-state index < -0.39 is 0 Å². The Morgan fingerprint density at radius 3 is 2.87 bits per heavy atom. The highest BCUT2D eigenvalue weighted by molar-refractivity contribution is 6.32. The zero-order chi connectivity index (χ0) is 20.7. The molecule has 1 amide bonds. The smallest absolute Gasteiger partial charge is 0.241 e. The number of nitrogens with one attached hydrogen (secondary N) is 2. The van der Waals surface area contributed by atoms with Crippen molar-refractivity contribution in [3.63, 3.8) is 0 Å². The summed E-state index contributed by atoms with van der Waals surface area (Å²) in [5.74, 6) is 1.73. The third kappa shape index (κ3) is 3.27. The number of aromatic nitrogens is 1. The molecular formula is C23H28ClN5O. The van der Waals surface area contributed by atoms with Crippen LogP contribution in [0.15, 0.2) is 36.5 Å². The lowest BCUT2D eigenvalue weighted by Crippen LogP contribution is -2.55. The maximum atomic E-state index is 13.0. The van der Waals surface area contributed by atoms with Crippen molar-refractivity contribution < 1.29 is 4.79 Å². The topological polar surface area (TPSA) is 60.5 Å². The summed E-state index contributed by atoms with van der Waals surface area (Å²) in [6.45, 7) is 8.26. The SMILES string of the molecule is CCC1(c2cccc(N3CCN(CC4CNC4)CC3=O)c2)CNc2nccc(Cl)c21. The average Bonchev–Trinajstić information content (AvgIpc) is 3.12. The summed E-state index contributed by atoms with van der Waals surface area (Å²) in [6, 6.07) is 10.3. The van der Waals surface area contributed by atoms with Crippen molar-refractivity contribution in [1.82, 2.24) is 15.2 Å². The van der Waals surface area contributed by atoms with Gasteiger partial charge in [0.15, 0.2) is 0 Å². The third-order valence-electron chi connectivity index (χ3n) is 6.93. The Balaban J connectivity index is 1.41. The van der Waals surface area contributed by atoms with Crippen molar-refractivity contribution >= 4 is 29.0 Å². The van der Waals surface area contributed by atoms with E-state index in [-0.39, 0.29) is 11.3 Å². The highest BCUT2D eigenvalue weighted by atomic mass is 35.5. The van der Waals surface area contributed by atoms with Crippen molar-refractivity contribution in [2.24, 2.45) is 5.92 Å². The minimum absolute atomic E-state index is 0.181. The molecule has 2 N–H and O–H groups in total. The van der Waals surface area contributed by atoms with Gasteiger partial charge in [0.2, 0.25) is 5.91 Å². The molecule has 3 aliphatic heterocycles. The van der Waals surface area contributed by atoms with Gasteiger partial charge in [-0.05, 0) is 36.1 Å². The van der Waals surface area contributed by atoms with E-state index in [9.17, 15) is 4.79 Å². The zero-order valence-electron chi connectivity index (χ0n) is 17.3. The van der Waals surface area contributed by atoms with Crippen LogP contribution in [0.2, 0.25) is 5.02 Å². The van der Waals surface area contributed by atoms with Crippen LogP contribution in [0.25, 0.3) is 0 Å². The molecule has 0 aliphatic carbocycles. The van der Waals surface area contributed by atoms with Crippen LogP contribution in [0.3, 0.4) is 0 Å². The van der Waals surface area contributed by atoms with Crippen LogP contribution in [0.5, 0.6) is 0 Å². The number of piperazine rings is 1. The molecule has 4 heterocycles. The van der Waals surface area contributed by atoms with E-state index >= 15 is 0 Å². The quantitative estimate of drug-likeness (QED) is 0.771. The second kappa shape index (κ2) is 7.84. The van der Waals surface area contributed by atoms with Crippen LogP contribution in [0, 0.1) is 5.92 Å². The molecule has 5 rings (SSSR count). The summed E-state index contributed by atoms with van der Waals surface area (Å²) in [5.41, 5.74) is 2.98. The Bertz CT molecular complexity index is 962. The van der Waals surface area contributed by atoms with Gasteiger partial charge in [-0.2, -0.15) is 0 Å². The summed E-state index contributed by atoms with van der Waals surface area (Å²) in [7, 11) is 0. The highest BCUT2D eigenvalue weighted by Crippen LogP contribution is 2.47. The number of rotatable bonds is 5. The summed E-state index contributed by atoms with van der Waals surface area (Å²) in [6.07, 6.45) is 2.65. The molecule has 30 heavy (non-hydrogen) atoms. The molecule has 0 bridgehead atoms. The summed E-state index contributed by atoms with van der Waals surface area (Å²) in [4.78, 5) is 21.7. The minimum Gasteiger partial charge on any atom is -0.369 e. The number of hydrogen-bond donors (Lipinski definition) is 2. The van der Waals surface area contributed by atoms with E-state index in [2.05, 4.69) is 45.6 Å². The summed E-state index contributed by atoms with van der Waals surface area (Å²) >= 11 is 6.61. The van der Waals surface area contributed by atoms with Gasteiger partial charge in [-0.1, -0.05) is 30.7 Å². The standard InChI is InChI=1S/C23H28ClN5O/c1-2-23(15-27-22-21(23)19(24)6-7-26-22)17-4-3-5-18(10-17)29-9-8-28(14-20(29)30)13-16-11-25-12-16/h3-7,10,16,25H,2,8-9,11-15H2,1H3,(H,26,27). The minimum atomic E-state index is -0.237. The molecule has 1 atom stereocenters. The van der Waals surface area contributed by atoms with Crippen LogP contribution in [-0.2, 0) is 10.2 Å². The Labute approximate surface area is 182 Å². The first-order valence-electron chi connectivity index (χ1n) is 10.8. The monoisotopic (exact) mass is 425 g/mol. The van der Waals surface area contributed by atoms with Gasteiger partial charge in [-0.15, -0.1) is 0 Å². The van der Waals surface area contributed by atoms with Crippen molar-refractivity contribution in [1.29, 1.82) is 0 Å². The largest absolute Gasteiger partial charge is 0.369 e. The molecule has 0 saturated carbocycles. The Hall–Kier alpha value is -2.15. The van der Waals surface area contributed by atoms with Gasteiger partial charge in [0.1, 0.15) is 5.82 Å². The van der Waals surface area contributed by atoms with Crippen LogP contribution in [0.1, 0.15) is 24.5 Å². The average molecular weight is 426 g/mol. The number of nitrogens with zero attached hydrogens (tertiary/aromatic N) is 3. The molecule has 1 aromatic carbocycles. The Kier molecular flexibility index (Phi) is 5.17. The van der Waals surface area contributed by atoms with Crippen LogP contribution in [0.4, 0.5) is 11.5 Å². The number of benzene rings is 1. The first kappa shape index (κ1) is 19.8. The molecule has 1 unspecified atom stereocenters. The lowest BCUT2D eigenvalue weighted by atomic mass is 9.74. The first-order chi connectivity index (χ1) is 14.6. The number of hydrogen-bond acceptors (Lipinski definition) is 5. The Morgan fingerprint density at radius 1 is 1.27 bits per heavy atom. The third-order valence-corrected chi connectivity index (χ3v) is 7.25. The number of anilines is 2. The van der Waals surface area contributed by atoms with E-state index in [4.69, 9.17) is 11.6 Å². The van der Waals surface area contributed by atoms with Crippen LogP contribution >= 0.6 is 11.6 Å². The summed E-state index contributed by atoms with van der Waals surface area (Å²) < 4.78 is 0. The highest BCUT2D eigenvalue weighted by Gasteiger charge is 2.42.